The Morgan fingerprint density at radius 2 is 2.00 bits per heavy atom. The second-order valence-corrected chi connectivity index (χ2v) is 3.52. The highest BCUT2D eigenvalue weighted by molar-refractivity contribution is 5.53. The van der Waals surface area contributed by atoms with Crippen LogP contribution in [0.3, 0.4) is 0 Å². The normalized spacial score (nSPS) is 19.6. The van der Waals surface area contributed by atoms with Crippen molar-refractivity contribution in [1.29, 1.82) is 0 Å². The number of benzene rings is 1. The Morgan fingerprint density at radius 1 is 1.23 bits per heavy atom. The van der Waals surface area contributed by atoms with Crippen molar-refractivity contribution >= 4 is 6.08 Å². The van der Waals surface area contributed by atoms with Crippen LogP contribution in [-0.4, -0.2) is 13.2 Å². The van der Waals surface area contributed by atoms with Crippen molar-refractivity contribution in [2.45, 2.75) is 13.3 Å². The molecule has 68 valence electrons. The minimum absolute atomic E-state index is 0.813. The molecule has 1 heteroatoms. The first-order valence-electron chi connectivity index (χ1n) is 4.68. The standard InChI is InChI=1S/C12H14O/c1-10-2-4-11(5-3-10)8-12-6-7-13-9-12/h2-5,8H,6-7,9H2,1H3. The molecule has 0 spiro atoms. The predicted octanol–water partition coefficient (Wildman–Crippen LogP) is 2.80. The van der Waals surface area contributed by atoms with Gasteiger partial charge >= 0.3 is 0 Å². The molecule has 0 aliphatic carbocycles. The van der Waals surface area contributed by atoms with Crippen LogP contribution in [0.1, 0.15) is 17.5 Å². The van der Waals surface area contributed by atoms with E-state index in [-0.39, 0.29) is 0 Å². The molecule has 0 amide bonds. The highest BCUT2D eigenvalue weighted by atomic mass is 16.5. The zero-order valence-electron chi connectivity index (χ0n) is 7.92. The highest BCUT2D eigenvalue weighted by Crippen LogP contribution is 2.15. The Hall–Kier alpha value is -1.08. The Balaban J connectivity index is 2.17. The minimum Gasteiger partial charge on any atom is -0.377 e. The maximum atomic E-state index is 5.28. The molecule has 1 aliphatic heterocycles. The van der Waals surface area contributed by atoms with Crippen LogP contribution in [0.4, 0.5) is 0 Å². The summed E-state index contributed by atoms with van der Waals surface area (Å²) in [5, 5.41) is 0. The van der Waals surface area contributed by atoms with Crippen LogP contribution in [0.25, 0.3) is 6.08 Å². The Morgan fingerprint density at radius 3 is 2.62 bits per heavy atom. The second-order valence-electron chi connectivity index (χ2n) is 3.52. The summed E-state index contributed by atoms with van der Waals surface area (Å²) < 4.78 is 5.28. The summed E-state index contributed by atoms with van der Waals surface area (Å²) in [6, 6.07) is 8.59. The largest absolute Gasteiger partial charge is 0.377 e. The predicted molar refractivity (Wildman–Crippen MR) is 54.6 cm³/mol. The molecule has 1 heterocycles. The first-order valence-corrected chi connectivity index (χ1v) is 4.68. The first kappa shape index (κ1) is 8.52. The Bertz CT molecular complexity index is 300. The smallest absolute Gasteiger partial charge is 0.0681 e. The SMILES string of the molecule is Cc1ccc(C=C2CCOC2)cc1. The van der Waals surface area contributed by atoms with Crippen molar-refractivity contribution in [1.82, 2.24) is 0 Å². The van der Waals surface area contributed by atoms with Gasteiger partial charge in [-0.3, -0.25) is 0 Å². The van der Waals surface area contributed by atoms with Crippen molar-refractivity contribution in [3.05, 3.63) is 41.0 Å². The van der Waals surface area contributed by atoms with E-state index in [1.165, 1.54) is 16.7 Å². The van der Waals surface area contributed by atoms with Gasteiger partial charge in [-0.25, -0.2) is 0 Å². The third-order valence-electron chi connectivity index (χ3n) is 2.30. The zero-order chi connectivity index (χ0) is 9.10. The van der Waals surface area contributed by atoms with Crippen LogP contribution in [0.5, 0.6) is 0 Å². The number of rotatable bonds is 1. The number of hydrogen-bond acceptors (Lipinski definition) is 1. The zero-order valence-corrected chi connectivity index (χ0v) is 7.92. The summed E-state index contributed by atoms with van der Waals surface area (Å²) >= 11 is 0. The monoisotopic (exact) mass is 174 g/mol. The summed E-state index contributed by atoms with van der Waals surface area (Å²) in [4.78, 5) is 0. The lowest BCUT2D eigenvalue weighted by molar-refractivity contribution is 0.205. The molecule has 0 unspecified atom stereocenters. The molecule has 0 atom stereocenters. The van der Waals surface area contributed by atoms with Crippen molar-refractivity contribution in [2.24, 2.45) is 0 Å². The van der Waals surface area contributed by atoms with Gasteiger partial charge in [0.1, 0.15) is 0 Å². The molecule has 2 rings (SSSR count). The third kappa shape index (κ3) is 2.19. The number of aryl methyl sites for hydroxylation is 1. The molecule has 0 aromatic heterocycles. The lowest BCUT2D eigenvalue weighted by atomic mass is 10.1. The van der Waals surface area contributed by atoms with Gasteiger partial charge in [-0.05, 0) is 24.5 Å². The first-order chi connectivity index (χ1) is 6.34. The third-order valence-corrected chi connectivity index (χ3v) is 2.30. The van der Waals surface area contributed by atoms with E-state index < -0.39 is 0 Å². The van der Waals surface area contributed by atoms with Crippen LogP contribution in [-0.2, 0) is 4.74 Å². The summed E-state index contributed by atoms with van der Waals surface area (Å²) in [5.41, 5.74) is 4.00. The molecule has 0 bridgehead atoms. The molecule has 0 radical (unpaired) electrons. The maximum absolute atomic E-state index is 5.28. The average Bonchev–Trinajstić information content (AvgIpc) is 2.62. The molecule has 1 nitrogen and oxygen atoms in total. The van der Waals surface area contributed by atoms with Gasteiger partial charge in [-0.2, -0.15) is 0 Å². The van der Waals surface area contributed by atoms with E-state index in [9.17, 15) is 0 Å². The molecule has 1 aromatic carbocycles. The van der Waals surface area contributed by atoms with Crippen molar-refractivity contribution < 1.29 is 4.74 Å². The van der Waals surface area contributed by atoms with E-state index in [1.807, 2.05) is 0 Å². The summed E-state index contributed by atoms with van der Waals surface area (Å²) in [6.45, 7) is 3.81. The van der Waals surface area contributed by atoms with Crippen LogP contribution in [0, 0.1) is 6.92 Å². The van der Waals surface area contributed by atoms with Crippen molar-refractivity contribution in [3.8, 4) is 0 Å². The quantitative estimate of drug-likeness (QED) is 0.636. The molecular formula is C12H14O. The molecule has 0 N–H and O–H groups in total. The maximum Gasteiger partial charge on any atom is 0.0681 e. The lowest BCUT2D eigenvalue weighted by Crippen LogP contribution is -1.81. The van der Waals surface area contributed by atoms with Gasteiger partial charge in [0.25, 0.3) is 0 Å². The van der Waals surface area contributed by atoms with Crippen LogP contribution in [0.2, 0.25) is 0 Å². The van der Waals surface area contributed by atoms with Crippen molar-refractivity contribution in [2.75, 3.05) is 13.2 Å². The van der Waals surface area contributed by atoms with Crippen molar-refractivity contribution in [3.63, 3.8) is 0 Å². The lowest BCUT2D eigenvalue weighted by Gasteiger charge is -1.96. The van der Waals surface area contributed by atoms with Crippen LogP contribution >= 0.6 is 0 Å². The fourth-order valence-corrected chi connectivity index (χ4v) is 1.49. The minimum atomic E-state index is 0.813. The fourth-order valence-electron chi connectivity index (χ4n) is 1.49. The van der Waals surface area contributed by atoms with E-state index >= 15 is 0 Å². The van der Waals surface area contributed by atoms with Gasteiger partial charge in [0, 0.05) is 0 Å². The van der Waals surface area contributed by atoms with E-state index in [0.717, 1.165) is 19.6 Å². The number of ether oxygens (including phenoxy) is 1. The van der Waals surface area contributed by atoms with E-state index in [0.29, 0.717) is 0 Å². The Kier molecular flexibility index (Phi) is 2.46. The van der Waals surface area contributed by atoms with Gasteiger partial charge in [-0.15, -0.1) is 0 Å². The summed E-state index contributed by atoms with van der Waals surface area (Å²) in [7, 11) is 0. The molecule has 1 fully saturated rings. The van der Waals surface area contributed by atoms with E-state index in [2.05, 4.69) is 37.3 Å². The Labute approximate surface area is 79.0 Å². The molecule has 1 saturated heterocycles. The average molecular weight is 174 g/mol. The van der Waals surface area contributed by atoms with Crippen LogP contribution < -0.4 is 0 Å². The summed E-state index contributed by atoms with van der Waals surface area (Å²) in [5.74, 6) is 0. The van der Waals surface area contributed by atoms with E-state index in [4.69, 9.17) is 4.74 Å². The van der Waals surface area contributed by atoms with Gasteiger partial charge in [-0.1, -0.05) is 35.9 Å². The fraction of sp³-hybridized carbons (Fsp3) is 0.333. The van der Waals surface area contributed by atoms with Gasteiger partial charge in [0.15, 0.2) is 0 Å². The van der Waals surface area contributed by atoms with Crippen LogP contribution in [0.15, 0.2) is 29.8 Å². The number of hydrogen-bond donors (Lipinski definition) is 0. The van der Waals surface area contributed by atoms with Gasteiger partial charge in [0.2, 0.25) is 0 Å². The highest BCUT2D eigenvalue weighted by Gasteiger charge is 2.05. The van der Waals surface area contributed by atoms with E-state index in [1.54, 1.807) is 0 Å². The molecule has 13 heavy (non-hydrogen) atoms. The second kappa shape index (κ2) is 3.75. The molecule has 1 aromatic rings. The topological polar surface area (TPSA) is 9.23 Å². The van der Waals surface area contributed by atoms with Gasteiger partial charge < -0.3 is 4.74 Å². The molecule has 1 aliphatic rings. The molecular weight excluding hydrogens is 160 g/mol. The molecule has 0 saturated carbocycles. The summed E-state index contributed by atoms with van der Waals surface area (Å²) in [6.07, 6.45) is 3.32. The van der Waals surface area contributed by atoms with Gasteiger partial charge in [0.05, 0.1) is 13.2 Å².